The Morgan fingerprint density at radius 1 is 0.943 bits per heavy atom. The lowest BCUT2D eigenvalue weighted by atomic mass is 10.0. The molecule has 10 N–H and O–H groups in total. The monoisotopic (exact) mass is 490 g/mol. The van der Waals surface area contributed by atoms with Crippen molar-refractivity contribution < 1.29 is 39.0 Å². The highest BCUT2D eigenvalue weighted by molar-refractivity contribution is 5.95. The average Bonchev–Trinajstić information content (AvgIpc) is 3.18. The molecule has 35 heavy (non-hydrogen) atoms. The van der Waals surface area contributed by atoms with Crippen LogP contribution in [0.4, 0.5) is 0 Å². The molecule has 188 valence electrons. The number of para-hydroxylation sites is 1. The lowest BCUT2D eigenvalue weighted by Gasteiger charge is -2.20. The van der Waals surface area contributed by atoms with Crippen molar-refractivity contribution in [1.82, 2.24) is 20.9 Å². The quantitative estimate of drug-likeness (QED) is 0.148. The first-order chi connectivity index (χ1) is 16.5. The molecule has 1 aromatic carbocycles. The van der Waals surface area contributed by atoms with Crippen molar-refractivity contribution >= 4 is 46.5 Å². The molecule has 1 aromatic heterocycles. The molecule has 0 bridgehead atoms. The van der Waals surface area contributed by atoms with Gasteiger partial charge in [-0.05, 0) is 18.1 Å². The van der Waals surface area contributed by atoms with Gasteiger partial charge in [0.05, 0.1) is 25.4 Å². The minimum absolute atomic E-state index is 0.128. The van der Waals surface area contributed by atoms with E-state index in [1.54, 1.807) is 6.20 Å². The maximum absolute atomic E-state index is 12.6. The Labute approximate surface area is 198 Å². The van der Waals surface area contributed by atoms with Gasteiger partial charge < -0.3 is 42.6 Å². The number of benzene rings is 1. The van der Waals surface area contributed by atoms with Crippen LogP contribution in [-0.4, -0.2) is 75.4 Å². The maximum atomic E-state index is 12.6. The zero-order valence-corrected chi connectivity index (χ0v) is 18.4. The lowest BCUT2D eigenvalue weighted by molar-refractivity contribution is -0.147. The first-order valence-corrected chi connectivity index (χ1v) is 10.4. The van der Waals surface area contributed by atoms with Crippen molar-refractivity contribution in [3.05, 3.63) is 36.0 Å². The Hall–Kier alpha value is -4.46. The van der Waals surface area contributed by atoms with Gasteiger partial charge in [0.2, 0.25) is 23.6 Å². The molecule has 14 heteroatoms. The Balaban J connectivity index is 1.96. The fraction of sp³-hybridized carbons (Fsp3) is 0.333. The van der Waals surface area contributed by atoms with E-state index in [2.05, 4.69) is 15.6 Å². The summed E-state index contributed by atoms with van der Waals surface area (Å²) < 4.78 is 0. The smallest absolute Gasteiger partial charge is 0.326 e. The van der Waals surface area contributed by atoms with Gasteiger partial charge in [0.25, 0.3) is 0 Å². The second-order valence-electron chi connectivity index (χ2n) is 7.68. The van der Waals surface area contributed by atoms with E-state index in [0.717, 1.165) is 16.5 Å². The number of primary amides is 1. The second-order valence-corrected chi connectivity index (χ2v) is 7.68. The Morgan fingerprint density at radius 2 is 1.63 bits per heavy atom. The first kappa shape index (κ1) is 26.8. The molecule has 14 nitrogen and oxygen atoms in total. The van der Waals surface area contributed by atoms with Crippen molar-refractivity contribution in [3.8, 4) is 0 Å². The number of carbonyl (C=O) groups excluding carboxylic acids is 4. The fourth-order valence-corrected chi connectivity index (χ4v) is 3.23. The third-order valence-corrected chi connectivity index (χ3v) is 4.93. The second kappa shape index (κ2) is 12.1. The number of nitrogens with one attached hydrogen (secondary N) is 4. The Bertz CT molecular complexity index is 1130. The molecular formula is C21H26N6O8. The molecular weight excluding hydrogens is 464 g/mol. The summed E-state index contributed by atoms with van der Waals surface area (Å²) in [5.41, 5.74) is 12.8. The number of nitrogens with two attached hydrogens (primary N) is 2. The number of hydrogen-bond acceptors (Lipinski definition) is 7. The number of aliphatic carboxylic acids is 2. The van der Waals surface area contributed by atoms with E-state index in [1.807, 2.05) is 29.6 Å². The minimum atomic E-state index is -1.71. The largest absolute Gasteiger partial charge is 0.481 e. The number of amides is 4. The summed E-state index contributed by atoms with van der Waals surface area (Å²) in [6, 6.07) is 3.15. The minimum Gasteiger partial charge on any atom is -0.481 e. The van der Waals surface area contributed by atoms with Crippen LogP contribution in [0.25, 0.3) is 10.9 Å². The van der Waals surface area contributed by atoms with Crippen LogP contribution in [0.15, 0.2) is 30.5 Å². The third kappa shape index (κ3) is 8.12. The highest BCUT2D eigenvalue weighted by Gasteiger charge is 2.27. The van der Waals surface area contributed by atoms with Gasteiger partial charge in [-0.1, -0.05) is 18.2 Å². The van der Waals surface area contributed by atoms with Gasteiger partial charge in [-0.2, -0.15) is 0 Å². The molecule has 0 aliphatic carbocycles. The van der Waals surface area contributed by atoms with Crippen molar-refractivity contribution in [2.45, 2.75) is 37.4 Å². The van der Waals surface area contributed by atoms with Gasteiger partial charge >= 0.3 is 11.9 Å². The fourth-order valence-electron chi connectivity index (χ4n) is 3.23. The molecule has 0 saturated heterocycles. The predicted octanol–water partition coefficient (Wildman–Crippen LogP) is -2.44. The molecule has 3 atom stereocenters. The van der Waals surface area contributed by atoms with Crippen molar-refractivity contribution in [1.29, 1.82) is 0 Å². The van der Waals surface area contributed by atoms with Crippen LogP contribution < -0.4 is 27.4 Å². The Morgan fingerprint density at radius 3 is 2.26 bits per heavy atom. The number of fused-ring (bicyclic) bond motifs is 1. The summed E-state index contributed by atoms with van der Waals surface area (Å²) in [6.07, 6.45) is 0.377. The summed E-state index contributed by atoms with van der Waals surface area (Å²) in [4.78, 5) is 73.1. The van der Waals surface area contributed by atoms with Gasteiger partial charge in [0, 0.05) is 17.1 Å². The molecule has 3 unspecified atom stereocenters. The van der Waals surface area contributed by atoms with E-state index in [-0.39, 0.29) is 6.42 Å². The molecule has 4 amide bonds. The number of aromatic amines is 1. The van der Waals surface area contributed by atoms with Crippen LogP contribution in [0, 0.1) is 0 Å². The number of rotatable bonds is 13. The molecule has 0 aliphatic heterocycles. The maximum Gasteiger partial charge on any atom is 0.326 e. The van der Waals surface area contributed by atoms with E-state index < -0.39 is 73.1 Å². The number of H-pyrrole nitrogens is 1. The van der Waals surface area contributed by atoms with Crippen molar-refractivity contribution in [2.75, 3.05) is 6.54 Å². The number of carboxylic acids is 2. The zero-order valence-electron chi connectivity index (χ0n) is 18.4. The number of aromatic nitrogens is 1. The van der Waals surface area contributed by atoms with E-state index in [4.69, 9.17) is 21.7 Å². The van der Waals surface area contributed by atoms with Gasteiger partial charge in [-0.25, -0.2) is 4.79 Å². The number of carbonyl (C=O) groups is 6. The van der Waals surface area contributed by atoms with E-state index >= 15 is 0 Å². The molecule has 0 spiro atoms. The molecule has 0 aliphatic rings. The predicted molar refractivity (Wildman–Crippen MR) is 121 cm³/mol. The third-order valence-electron chi connectivity index (χ3n) is 4.93. The number of carboxylic acid groups (broad SMARTS) is 2. The van der Waals surface area contributed by atoms with Gasteiger partial charge in [-0.15, -0.1) is 0 Å². The molecule has 2 rings (SSSR count). The normalized spacial score (nSPS) is 13.3. The van der Waals surface area contributed by atoms with E-state index in [0.29, 0.717) is 0 Å². The topological polar surface area (TPSA) is 247 Å². The molecule has 2 aromatic rings. The summed E-state index contributed by atoms with van der Waals surface area (Å²) in [5.74, 6) is -6.62. The van der Waals surface area contributed by atoms with Gasteiger partial charge in [0.1, 0.15) is 12.1 Å². The van der Waals surface area contributed by atoms with Crippen LogP contribution >= 0.6 is 0 Å². The molecule has 1 heterocycles. The van der Waals surface area contributed by atoms with Gasteiger partial charge in [0.15, 0.2) is 0 Å². The summed E-state index contributed by atoms with van der Waals surface area (Å²) in [6.45, 7) is -0.741. The van der Waals surface area contributed by atoms with Crippen LogP contribution in [-0.2, 0) is 35.2 Å². The SMILES string of the molecule is NC(=O)CC(NC(=O)C(N)Cc1c[nH]c2ccccc12)C(=O)NCC(=O)NC(CC(=O)O)C(=O)O. The average molecular weight is 490 g/mol. The zero-order chi connectivity index (χ0) is 26.1. The van der Waals surface area contributed by atoms with Crippen molar-refractivity contribution in [3.63, 3.8) is 0 Å². The highest BCUT2D eigenvalue weighted by Crippen LogP contribution is 2.18. The first-order valence-electron chi connectivity index (χ1n) is 10.4. The summed E-state index contributed by atoms with van der Waals surface area (Å²) in [7, 11) is 0. The standard InChI is InChI=1S/C21H26N6O8/c22-12(5-10-8-24-13-4-2-1-3-11(10)13)19(32)27-14(6-16(23)28)20(33)25-9-17(29)26-15(21(34)35)7-18(30)31/h1-4,8,12,14-15,24H,5-7,9,22H2,(H2,23,28)(H,25,33)(H,26,29)(H,27,32)(H,30,31)(H,34,35). The lowest BCUT2D eigenvalue weighted by Crippen LogP contribution is -2.54. The summed E-state index contributed by atoms with van der Waals surface area (Å²) >= 11 is 0. The van der Waals surface area contributed by atoms with E-state index in [9.17, 15) is 28.8 Å². The van der Waals surface area contributed by atoms with Crippen LogP contribution in [0.2, 0.25) is 0 Å². The van der Waals surface area contributed by atoms with Crippen molar-refractivity contribution in [2.24, 2.45) is 11.5 Å². The summed E-state index contributed by atoms with van der Waals surface area (Å²) in [5, 5.41) is 24.9. The molecule has 0 saturated carbocycles. The molecule has 0 fully saturated rings. The number of hydrogen-bond donors (Lipinski definition) is 8. The Kier molecular flexibility index (Phi) is 9.28. The highest BCUT2D eigenvalue weighted by atomic mass is 16.4. The van der Waals surface area contributed by atoms with Crippen LogP contribution in [0.5, 0.6) is 0 Å². The van der Waals surface area contributed by atoms with Crippen LogP contribution in [0.1, 0.15) is 18.4 Å². The van der Waals surface area contributed by atoms with Gasteiger partial charge in [-0.3, -0.25) is 24.0 Å². The molecule has 0 radical (unpaired) electrons. The van der Waals surface area contributed by atoms with E-state index in [1.165, 1.54) is 0 Å². The van der Waals surface area contributed by atoms with Crippen LogP contribution in [0.3, 0.4) is 0 Å².